The van der Waals surface area contributed by atoms with E-state index >= 15 is 0 Å². The van der Waals surface area contributed by atoms with Crippen LogP contribution >= 0.6 is 0 Å². The molecule has 1 aromatic heterocycles. The van der Waals surface area contributed by atoms with Crippen molar-refractivity contribution in [1.82, 2.24) is 19.4 Å². The second kappa shape index (κ2) is 10.1. The highest BCUT2D eigenvalue weighted by Crippen LogP contribution is 2.24. The molecule has 1 N–H and O–H groups in total. The van der Waals surface area contributed by atoms with Crippen LogP contribution in [-0.4, -0.2) is 41.5 Å². The third-order valence-corrected chi connectivity index (χ3v) is 8.17. The number of benzene rings is 2. The maximum absolute atomic E-state index is 14.5. The topological polar surface area (TPSA) is 84.3 Å². The number of carbonyl (C=O) groups excluding carboxylic acids is 1. The number of aromatic nitrogens is 2. The van der Waals surface area contributed by atoms with E-state index in [1.807, 2.05) is 48.9 Å². The number of hydrogen-bond acceptors (Lipinski definition) is 4. The Labute approximate surface area is 199 Å². The molecule has 2 aromatic carbocycles. The lowest BCUT2D eigenvalue weighted by atomic mass is 10.1. The number of nitrogens with zero attached hydrogens (tertiary/aromatic N) is 3. The normalized spacial score (nSPS) is 14.8. The molecule has 4 rings (SSSR count). The molecule has 1 fully saturated rings. The molecule has 2 heterocycles. The van der Waals surface area contributed by atoms with Crippen molar-refractivity contribution >= 4 is 15.9 Å². The molecular weight excluding hydrogens is 455 g/mol. The largest absolute Gasteiger partial charge is 0.348 e. The van der Waals surface area contributed by atoms with Crippen molar-refractivity contribution in [3.63, 3.8) is 0 Å². The van der Waals surface area contributed by atoms with Gasteiger partial charge < -0.3 is 5.32 Å². The van der Waals surface area contributed by atoms with E-state index in [1.165, 1.54) is 10.4 Å². The molecule has 34 heavy (non-hydrogen) atoms. The predicted molar refractivity (Wildman–Crippen MR) is 127 cm³/mol. The van der Waals surface area contributed by atoms with E-state index in [0.29, 0.717) is 19.6 Å². The molecule has 9 heteroatoms. The van der Waals surface area contributed by atoms with E-state index in [4.69, 9.17) is 0 Å². The van der Waals surface area contributed by atoms with Crippen LogP contribution in [0.3, 0.4) is 0 Å². The monoisotopic (exact) mass is 484 g/mol. The van der Waals surface area contributed by atoms with Crippen molar-refractivity contribution in [1.29, 1.82) is 0 Å². The first-order valence-corrected chi connectivity index (χ1v) is 12.9. The number of rotatable bonds is 7. The highest BCUT2D eigenvalue weighted by atomic mass is 32.2. The minimum Gasteiger partial charge on any atom is -0.348 e. The van der Waals surface area contributed by atoms with E-state index in [1.54, 1.807) is 0 Å². The molecule has 0 saturated carbocycles. The van der Waals surface area contributed by atoms with E-state index in [9.17, 15) is 17.6 Å². The zero-order chi connectivity index (χ0) is 24.3. The Hall–Kier alpha value is -3.04. The molecule has 0 atom stereocenters. The summed E-state index contributed by atoms with van der Waals surface area (Å²) in [6.07, 6.45) is 2.45. The summed E-state index contributed by atoms with van der Waals surface area (Å²) in [5.74, 6) is -1.32. The standard InChI is InChI=1S/C25H29FN4O3S/c1-18-22(19(2)30(28-18)17-20-9-5-3-6-10-20)16-27-25(31)21-11-12-23(26)24(15-21)34(32,33)29-13-7-4-8-14-29/h3,5-6,9-12,15H,4,7-8,13-14,16-17H2,1-2H3,(H,27,31). The second-order valence-corrected chi connectivity index (χ2v) is 10.5. The van der Waals surface area contributed by atoms with Crippen LogP contribution in [0, 0.1) is 19.7 Å². The van der Waals surface area contributed by atoms with Crippen molar-refractivity contribution in [3.8, 4) is 0 Å². The molecule has 1 saturated heterocycles. The fourth-order valence-corrected chi connectivity index (χ4v) is 5.86. The highest BCUT2D eigenvalue weighted by molar-refractivity contribution is 7.89. The van der Waals surface area contributed by atoms with Crippen molar-refractivity contribution in [2.45, 2.75) is 51.1 Å². The van der Waals surface area contributed by atoms with Gasteiger partial charge in [-0.1, -0.05) is 36.8 Å². The smallest absolute Gasteiger partial charge is 0.251 e. The number of hydrogen-bond donors (Lipinski definition) is 1. The molecule has 180 valence electrons. The minimum absolute atomic E-state index is 0.101. The van der Waals surface area contributed by atoms with Crippen LogP contribution < -0.4 is 5.32 Å². The van der Waals surface area contributed by atoms with Crippen molar-refractivity contribution < 1.29 is 17.6 Å². The third-order valence-electron chi connectivity index (χ3n) is 6.26. The lowest BCUT2D eigenvalue weighted by Crippen LogP contribution is -2.36. The molecular formula is C25H29FN4O3S. The number of carbonyl (C=O) groups is 1. The summed E-state index contributed by atoms with van der Waals surface area (Å²) in [4.78, 5) is 12.4. The van der Waals surface area contributed by atoms with E-state index < -0.39 is 26.6 Å². The molecule has 3 aromatic rings. The van der Waals surface area contributed by atoms with E-state index in [2.05, 4.69) is 10.4 Å². The Morgan fingerprint density at radius 2 is 1.76 bits per heavy atom. The fraction of sp³-hybridized carbons (Fsp3) is 0.360. The molecule has 0 aliphatic carbocycles. The Bertz CT molecular complexity index is 1280. The maximum Gasteiger partial charge on any atom is 0.251 e. The van der Waals surface area contributed by atoms with Gasteiger partial charge in [0.2, 0.25) is 10.0 Å². The first-order valence-electron chi connectivity index (χ1n) is 11.4. The van der Waals surface area contributed by atoms with Crippen LogP contribution in [0.1, 0.15) is 52.1 Å². The van der Waals surface area contributed by atoms with Crippen molar-refractivity contribution in [3.05, 3.63) is 82.4 Å². The van der Waals surface area contributed by atoms with Gasteiger partial charge in [-0.15, -0.1) is 0 Å². The van der Waals surface area contributed by atoms with Gasteiger partial charge in [-0.3, -0.25) is 9.48 Å². The van der Waals surface area contributed by atoms with Crippen LogP contribution in [0.5, 0.6) is 0 Å². The summed E-state index contributed by atoms with van der Waals surface area (Å²) in [6.45, 7) is 5.42. The van der Waals surface area contributed by atoms with Gasteiger partial charge in [0.1, 0.15) is 10.7 Å². The number of amides is 1. The quantitative estimate of drug-likeness (QED) is 0.553. The average molecular weight is 485 g/mol. The number of halogens is 1. The zero-order valence-corrected chi connectivity index (χ0v) is 20.2. The first-order chi connectivity index (χ1) is 16.3. The van der Waals surface area contributed by atoms with E-state index in [-0.39, 0.29) is 12.1 Å². The van der Waals surface area contributed by atoms with Crippen LogP contribution in [0.25, 0.3) is 0 Å². The molecule has 1 amide bonds. The molecule has 0 unspecified atom stereocenters. The van der Waals surface area contributed by atoms with Crippen molar-refractivity contribution in [2.75, 3.05) is 13.1 Å². The number of sulfonamides is 1. The Morgan fingerprint density at radius 3 is 2.47 bits per heavy atom. The van der Waals surface area contributed by atoms with Crippen LogP contribution in [0.2, 0.25) is 0 Å². The maximum atomic E-state index is 14.5. The molecule has 0 spiro atoms. The summed E-state index contributed by atoms with van der Waals surface area (Å²) in [7, 11) is -3.99. The van der Waals surface area contributed by atoms with Gasteiger partial charge in [0.25, 0.3) is 5.91 Å². The molecule has 1 aliphatic heterocycles. The van der Waals surface area contributed by atoms with Gasteiger partial charge in [-0.2, -0.15) is 9.40 Å². The van der Waals surface area contributed by atoms with Gasteiger partial charge in [0.15, 0.2) is 0 Å². The highest BCUT2D eigenvalue weighted by Gasteiger charge is 2.29. The fourth-order valence-electron chi connectivity index (χ4n) is 4.26. The summed E-state index contributed by atoms with van der Waals surface area (Å²) in [5.41, 5.74) is 3.87. The summed E-state index contributed by atoms with van der Waals surface area (Å²) in [5, 5.41) is 7.43. The molecule has 0 radical (unpaired) electrons. The lowest BCUT2D eigenvalue weighted by molar-refractivity contribution is 0.0950. The summed E-state index contributed by atoms with van der Waals surface area (Å²) >= 11 is 0. The Kier molecular flexibility index (Phi) is 7.13. The van der Waals surface area contributed by atoms with E-state index in [0.717, 1.165) is 53.9 Å². The first kappa shape index (κ1) is 24.1. The number of piperidine rings is 1. The summed E-state index contributed by atoms with van der Waals surface area (Å²) < 4.78 is 43.6. The van der Waals surface area contributed by atoms with Crippen molar-refractivity contribution in [2.24, 2.45) is 0 Å². The van der Waals surface area contributed by atoms with Gasteiger partial charge in [-0.05, 0) is 50.5 Å². The number of aryl methyl sites for hydroxylation is 1. The predicted octanol–water partition coefficient (Wildman–Crippen LogP) is 3.79. The molecule has 1 aliphatic rings. The van der Waals surface area contributed by atoms with Crippen LogP contribution in [0.4, 0.5) is 4.39 Å². The molecule has 0 bridgehead atoms. The van der Waals surface area contributed by atoms with Gasteiger partial charge >= 0.3 is 0 Å². The second-order valence-electron chi connectivity index (χ2n) is 8.59. The third kappa shape index (κ3) is 5.05. The number of nitrogens with one attached hydrogen (secondary N) is 1. The van der Waals surface area contributed by atoms with Crippen LogP contribution in [0.15, 0.2) is 53.4 Å². The molecule has 7 nitrogen and oxygen atoms in total. The SMILES string of the molecule is Cc1nn(Cc2ccccc2)c(C)c1CNC(=O)c1ccc(F)c(S(=O)(=O)N2CCCCC2)c1. The van der Waals surface area contributed by atoms with Gasteiger partial charge in [0.05, 0.1) is 12.2 Å². The zero-order valence-electron chi connectivity index (χ0n) is 19.4. The van der Waals surface area contributed by atoms with Crippen LogP contribution in [-0.2, 0) is 23.1 Å². The minimum atomic E-state index is -3.99. The summed E-state index contributed by atoms with van der Waals surface area (Å²) in [6, 6.07) is 13.5. The average Bonchev–Trinajstić information content (AvgIpc) is 3.10. The lowest BCUT2D eigenvalue weighted by Gasteiger charge is -2.26. The Balaban J connectivity index is 1.49. The van der Waals surface area contributed by atoms with Gasteiger partial charge in [0, 0.05) is 36.5 Å². The Morgan fingerprint density at radius 1 is 1.06 bits per heavy atom. The van der Waals surface area contributed by atoms with Gasteiger partial charge in [-0.25, -0.2) is 12.8 Å².